The number of hydrogen-bond donors (Lipinski definition) is 2. The van der Waals surface area contributed by atoms with Crippen LogP contribution in [0.25, 0.3) is 0 Å². The number of nitrogens with zero attached hydrogens (tertiary/aromatic N) is 2. The number of rotatable bonds is 5. The Bertz CT molecular complexity index is 800. The fourth-order valence-electron chi connectivity index (χ4n) is 1.90. The minimum absolute atomic E-state index is 0.102. The number of hydrazone groups is 1. The molecule has 8 nitrogen and oxygen atoms in total. The first-order chi connectivity index (χ1) is 11.5. The van der Waals surface area contributed by atoms with E-state index in [9.17, 15) is 19.7 Å². The van der Waals surface area contributed by atoms with Gasteiger partial charge in [0.25, 0.3) is 11.6 Å². The summed E-state index contributed by atoms with van der Waals surface area (Å²) in [6.07, 6.45) is 1.21. The van der Waals surface area contributed by atoms with Crippen LogP contribution in [0.15, 0.2) is 53.6 Å². The number of amides is 2. The summed E-state index contributed by atoms with van der Waals surface area (Å²) < 4.78 is 0. The molecular weight excluding hydrogens is 312 g/mol. The number of nitrogens with one attached hydrogen (secondary N) is 2. The zero-order chi connectivity index (χ0) is 17.5. The molecule has 0 aromatic heterocycles. The second-order valence-electron chi connectivity index (χ2n) is 4.77. The van der Waals surface area contributed by atoms with Crippen LogP contribution in [0.2, 0.25) is 0 Å². The van der Waals surface area contributed by atoms with Crippen molar-refractivity contribution >= 4 is 29.4 Å². The molecule has 2 rings (SSSR count). The second kappa shape index (κ2) is 7.63. The normalized spacial score (nSPS) is 10.4. The molecule has 2 N–H and O–H groups in total. The number of hydrogen-bond acceptors (Lipinski definition) is 5. The monoisotopic (exact) mass is 326 g/mol. The molecule has 0 heterocycles. The van der Waals surface area contributed by atoms with Crippen molar-refractivity contribution in [2.75, 3.05) is 5.32 Å². The van der Waals surface area contributed by atoms with Gasteiger partial charge in [-0.3, -0.25) is 19.7 Å². The molecule has 0 saturated carbocycles. The zero-order valence-corrected chi connectivity index (χ0v) is 12.7. The first-order valence-electron chi connectivity index (χ1n) is 6.92. The van der Waals surface area contributed by atoms with Gasteiger partial charge in [0, 0.05) is 24.2 Å². The SMILES string of the molecule is CC(=O)Nc1ccc(C(=O)N/N=C/c2ccccc2[N+](=O)[O-])cc1. The number of para-hydroxylation sites is 1. The number of carbonyl (C=O) groups is 2. The van der Waals surface area contributed by atoms with Gasteiger partial charge in [0.05, 0.1) is 16.7 Å². The highest BCUT2D eigenvalue weighted by Crippen LogP contribution is 2.15. The van der Waals surface area contributed by atoms with Crippen molar-refractivity contribution in [3.05, 3.63) is 69.8 Å². The van der Waals surface area contributed by atoms with E-state index in [0.717, 1.165) is 0 Å². The Morgan fingerprint density at radius 3 is 2.42 bits per heavy atom. The molecule has 0 aliphatic rings. The minimum Gasteiger partial charge on any atom is -0.326 e. The average molecular weight is 326 g/mol. The topological polar surface area (TPSA) is 114 Å². The van der Waals surface area contributed by atoms with Crippen LogP contribution < -0.4 is 10.7 Å². The molecule has 0 aliphatic carbocycles. The molecule has 2 amide bonds. The van der Waals surface area contributed by atoms with E-state index in [1.807, 2.05) is 0 Å². The largest absolute Gasteiger partial charge is 0.326 e. The average Bonchev–Trinajstić information content (AvgIpc) is 2.55. The van der Waals surface area contributed by atoms with Crippen molar-refractivity contribution in [3.63, 3.8) is 0 Å². The van der Waals surface area contributed by atoms with Gasteiger partial charge in [-0.25, -0.2) is 5.43 Å². The Morgan fingerprint density at radius 2 is 1.79 bits per heavy atom. The third-order valence-electron chi connectivity index (χ3n) is 2.97. The number of anilines is 1. The third-order valence-corrected chi connectivity index (χ3v) is 2.97. The standard InChI is InChI=1S/C16H14N4O4/c1-11(21)18-14-8-6-12(7-9-14)16(22)19-17-10-13-4-2-3-5-15(13)20(23)24/h2-10H,1H3,(H,18,21)(H,19,22)/b17-10+. The van der Waals surface area contributed by atoms with Crippen LogP contribution >= 0.6 is 0 Å². The van der Waals surface area contributed by atoms with Gasteiger partial charge in [0.1, 0.15) is 0 Å². The van der Waals surface area contributed by atoms with Crippen LogP contribution in [-0.2, 0) is 4.79 Å². The summed E-state index contributed by atoms with van der Waals surface area (Å²) in [5.74, 6) is -0.680. The molecule has 0 unspecified atom stereocenters. The molecule has 2 aromatic carbocycles. The van der Waals surface area contributed by atoms with E-state index in [1.54, 1.807) is 24.3 Å². The lowest BCUT2D eigenvalue weighted by Crippen LogP contribution is -2.17. The van der Waals surface area contributed by atoms with Crippen molar-refractivity contribution in [3.8, 4) is 0 Å². The highest BCUT2D eigenvalue weighted by molar-refractivity contribution is 5.96. The summed E-state index contributed by atoms with van der Waals surface area (Å²) >= 11 is 0. The van der Waals surface area contributed by atoms with E-state index < -0.39 is 10.8 Å². The zero-order valence-electron chi connectivity index (χ0n) is 12.7. The lowest BCUT2D eigenvalue weighted by Gasteiger charge is -2.03. The van der Waals surface area contributed by atoms with Crippen LogP contribution in [0.1, 0.15) is 22.8 Å². The third kappa shape index (κ3) is 4.47. The molecule has 0 fully saturated rings. The van der Waals surface area contributed by atoms with Gasteiger partial charge in [-0.05, 0) is 30.3 Å². The number of nitro groups is 1. The molecule has 0 aliphatic heterocycles. The highest BCUT2D eigenvalue weighted by atomic mass is 16.6. The second-order valence-corrected chi connectivity index (χ2v) is 4.77. The van der Waals surface area contributed by atoms with Crippen molar-refractivity contribution in [1.29, 1.82) is 0 Å². The van der Waals surface area contributed by atoms with Gasteiger partial charge in [-0.1, -0.05) is 12.1 Å². The fraction of sp³-hybridized carbons (Fsp3) is 0.0625. The van der Waals surface area contributed by atoms with Crippen LogP contribution in [0.3, 0.4) is 0 Å². The van der Waals surface area contributed by atoms with Gasteiger partial charge in [0.2, 0.25) is 5.91 Å². The summed E-state index contributed by atoms with van der Waals surface area (Å²) in [6, 6.07) is 12.3. The van der Waals surface area contributed by atoms with E-state index in [0.29, 0.717) is 11.3 Å². The fourth-order valence-corrected chi connectivity index (χ4v) is 1.90. The number of nitro benzene ring substituents is 1. The highest BCUT2D eigenvalue weighted by Gasteiger charge is 2.10. The number of carbonyl (C=O) groups excluding carboxylic acids is 2. The van der Waals surface area contributed by atoms with Crippen molar-refractivity contribution in [1.82, 2.24) is 5.43 Å². The minimum atomic E-state index is -0.524. The Kier molecular flexibility index (Phi) is 5.35. The molecule has 0 radical (unpaired) electrons. The Labute approximate surface area is 137 Å². The Balaban J connectivity index is 2.03. The molecule has 0 bridgehead atoms. The molecule has 0 spiro atoms. The van der Waals surface area contributed by atoms with Gasteiger partial charge >= 0.3 is 0 Å². The molecule has 122 valence electrons. The van der Waals surface area contributed by atoms with Gasteiger partial charge < -0.3 is 5.32 Å². The summed E-state index contributed by atoms with van der Waals surface area (Å²) in [5, 5.41) is 17.2. The summed E-state index contributed by atoms with van der Waals surface area (Å²) in [5.41, 5.74) is 3.38. The van der Waals surface area contributed by atoms with Gasteiger partial charge in [-0.15, -0.1) is 0 Å². The molecule has 8 heteroatoms. The van der Waals surface area contributed by atoms with E-state index in [-0.39, 0.29) is 17.2 Å². The summed E-state index contributed by atoms with van der Waals surface area (Å²) in [6.45, 7) is 1.39. The summed E-state index contributed by atoms with van der Waals surface area (Å²) in [4.78, 5) is 33.2. The summed E-state index contributed by atoms with van der Waals surface area (Å²) in [7, 11) is 0. The maximum atomic E-state index is 11.9. The molecular formula is C16H14N4O4. The molecule has 0 saturated heterocycles. The van der Waals surface area contributed by atoms with E-state index >= 15 is 0 Å². The van der Waals surface area contributed by atoms with Crippen LogP contribution in [-0.4, -0.2) is 23.0 Å². The van der Waals surface area contributed by atoms with Crippen LogP contribution in [0.5, 0.6) is 0 Å². The predicted octanol–water partition coefficient (Wildman–Crippen LogP) is 2.32. The first kappa shape index (κ1) is 16.8. The van der Waals surface area contributed by atoms with Crippen LogP contribution in [0, 0.1) is 10.1 Å². The van der Waals surface area contributed by atoms with E-state index in [1.165, 1.54) is 37.4 Å². The van der Waals surface area contributed by atoms with Gasteiger partial charge in [-0.2, -0.15) is 5.10 Å². The van der Waals surface area contributed by atoms with Crippen molar-refractivity contribution in [2.24, 2.45) is 5.10 Å². The van der Waals surface area contributed by atoms with E-state index in [4.69, 9.17) is 0 Å². The number of benzene rings is 2. The van der Waals surface area contributed by atoms with Crippen LogP contribution in [0.4, 0.5) is 11.4 Å². The quantitative estimate of drug-likeness (QED) is 0.498. The molecule has 2 aromatic rings. The predicted molar refractivity (Wildman–Crippen MR) is 88.9 cm³/mol. The Hall–Kier alpha value is -3.55. The van der Waals surface area contributed by atoms with Gasteiger partial charge in [0.15, 0.2) is 0 Å². The van der Waals surface area contributed by atoms with Crippen molar-refractivity contribution in [2.45, 2.75) is 6.92 Å². The lowest BCUT2D eigenvalue weighted by molar-refractivity contribution is -0.385. The lowest BCUT2D eigenvalue weighted by atomic mass is 10.2. The maximum Gasteiger partial charge on any atom is 0.278 e. The smallest absolute Gasteiger partial charge is 0.278 e. The maximum absolute atomic E-state index is 11.9. The molecule has 24 heavy (non-hydrogen) atoms. The van der Waals surface area contributed by atoms with E-state index in [2.05, 4.69) is 15.8 Å². The Morgan fingerprint density at radius 1 is 1.12 bits per heavy atom. The first-order valence-corrected chi connectivity index (χ1v) is 6.92. The van der Waals surface area contributed by atoms with Crippen molar-refractivity contribution < 1.29 is 14.5 Å². The molecule has 0 atom stereocenters.